The highest BCUT2D eigenvalue weighted by molar-refractivity contribution is 6.02. The van der Waals surface area contributed by atoms with Crippen LogP contribution < -0.4 is 18.9 Å². The number of benzene rings is 2. The van der Waals surface area contributed by atoms with E-state index in [4.69, 9.17) is 37.9 Å². The van der Waals surface area contributed by atoms with Gasteiger partial charge in [0.25, 0.3) is 0 Å². The maximum atomic E-state index is 13.3. The SMILES string of the molecule is COc1ccc(C2CC(=O)c3c(O)cc(O[C@@H]4O[C@H](CO[C@@H]5O[C@@H](C)[C@H](O)[C@@H](O)[C@H]5O)[C@@H](O)[C@H](O)[C@H]4O)cc3O2)cc1OC1O[C@H](CO)[C@@H](O)[C@H](O)[C@H]1O. The van der Waals surface area contributed by atoms with E-state index in [2.05, 4.69) is 0 Å². The number of methoxy groups -OCH3 is 1. The Morgan fingerprint density at radius 1 is 0.704 bits per heavy atom. The molecule has 2 aromatic carbocycles. The molecule has 0 radical (unpaired) electrons. The molecule has 2 unspecified atom stereocenters. The van der Waals surface area contributed by atoms with Crippen molar-refractivity contribution in [1.82, 2.24) is 0 Å². The minimum absolute atomic E-state index is 0.0170. The van der Waals surface area contributed by atoms with Crippen molar-refractivity contribution < 1.29 is 98.9 Å². The van der Waals surface area contributed by atoms with Gasteiger partial charge in [-0.3, -0.25) is 4.79 Å². The molecule has 54 heavy (non-hydrogen) atoms. The number of rotatable bonds is 10. The van der Waals surface area contributed by atoms with Crippen molar-refractivity contribution in [2.45, 2.75) is 112 Å². The zero-order valence-corrected chi connectivity index (χ0v) is 28.8. The number of phenolic OH excluding ortho intramolecular Hbond substituents is 1. The number of ether oxygens (including phenoxy) is 8. The van der Waals surface area contributed by atoms with Crippen molar-refractivity contribution in [3.05, 3.63) is 41.5 Å². The summed E-state index contributed by atoms with van der Waals surface area (Å²) in [5.74, 6) is -1.26. The predicted octanol–water partition coefficient (Wildman–Crippen LogP) is -3.68. The van der Waals surface area contributed by atoms with Crippen LogP contribution in [0, 0.1) is 0 Å². The summed E-state index contributed by atoms with van der Waals surface area (Å²) in [5.41, 5.74) is 0.180. The molecule has 0 aliphatic carbocycles. The Kier molecular flexibility index (Phi) is 12.2. The van der Waals surface area contributed by atoms with Gasteiger partial charge < -0.3 is 94.1 Å². The van der Waals surface area contributed by atoms with Crippen molar-refractivity contribution in [3.8, 4) is 28.7 Å². The normalized spacial score (nSPS) is 39.7. The number of aliphatic hydroxyl groups excluding tert-OH is 10. The van der Waals surface area contributed by atoms with Crippen LogP contribution in [0.5, 0.6) is 28.7 Å². The second-order valence-electron chi connectivity index (χ2n) is 13.4. The first-order valence-electron chi connectivity index (χ1n) is 17.0. The number of phenols is 1. The summed E-state index contributed by atoms with van der Waals surface area (Å²) in [4.78, 5) is 13.3. The highest BCUT2D eigenvalue weighted by Gasteiger charge is 2.48. The Morgan fingerprint density at radius 2 is 1.31 bits per heavy atom. The molecule has 16 atom stereocenters. The average Bonchev–Trinajstić information content (AvgIpc) is 3.15. The standard InChI is InChI=1S/C34H44O20/c1-11-23(38)26(41)29(44)32(49-11)48-10-21-25(40)28(43)30(45)33(54-21)50-13-6-14(36)22-15(37)8-17(51-19(22)7-13)12-3-4-16(47-2)18(5-12)52-34-31(46)27(42)24(39)20(9-35)53-34/h3-7,11,17,20-21,23-36,38-46H,8-10H2,1-2H3/t11-,17?,20+,21+,23-,24+,25+,26+,27-,28-,29+,30+,31+,32+,33+,34?/m0/s1. The fraction of sp³-hybridized carbons (Fsp3) is 0.618. The molecule has 0 bridgehead atoms. The van der Waals surface area contributed by atoms with Gasteiger partial charge in [0.05, 0.1) is 32.8 Å². The third-order valence-electron chi connectivity index (χ3n) is 9.78. The van der Waals surface area contributed by atoms with E-state index in [0.717, 1.165) is 6.07 Å². The number of Topliss-reactive ketones (excluding diaryl/α,β-unsaturated/α-hetero) is 1. The topological polar surface area (TPSA) is 313 Å². The van der Waals surface area contributed by atoms with Gasteiger partial charge in [0, 0.05) is 12.1 Å². The first kappa shape index (κ1) is 40.2. The maximum absolute atomic E-state index is 13.3. The van der Waals surface area contributed by atoms with E-state index >= 15 is 0 Å². The molecule has 0 saturated carbocycles. The smallest absolute Gasteiger partial charge is 0.229 e. The summed E-state index contributed by atoms with van der Waals surface area (Å²) < 4.78 is 45.0. The lowest BCUT2D eigenvalue weighted by Crippen LogP contribution is -2.61. The Bertz CT molecular complexity index is 1620. The molecule has 20 heteroatoms. The molecule has 0 aromatic heterocycles. The van der Waals surface area contributed by atoms with Gasteiger partial charge in [-0.1, -0.05) is 6.07 Å². The molecule has 11 N–H and O–H groups in total. The van der Waals surface area contributed by atoms with Crippen molar-refractivity contribution in [1.29, 1.82) is 0 Å². The second kappa shape index (κ2) is 16.3. The van der Waals surface area contributed by atoms with Gasteiger partial charge in [0.15, 0.2) is 23.6 Å². The Labute approximate surface area is 306 Å². The lowest BCUT2D eigenvalue weighted by molar-refractivity contribution is -0.318. The minimum Gasteiger partial charge on any atom is -0.507 e. The van der Waals surface area contributed by atoms with Gasteiger partial charge in [-0.05, 0) is 24.6 Å². The van der Waals surface area contributed by atoms with E-state index in [9.17, 15) is 61.0 Å². The number of hydrogen-bond acceptors (Lipinski definition) is 20. The number of ketones is 1. The predicted molar refractivity (Wildman–Crippen MR) is 173 cm³/mol. The maximum Gasteiger partial charge on any atom is 0.229 e. The first-order valence-corrected chi connectivity index (χ1v) is 17.0. The van der Waals surface area contributed by atoms with Crippen LogP contribution in [0.25, 0.3) is 0 Å². The average molecular weight is 773 g/mol. The molecule has 0 amide bonds. The highest BCUT2D eigenvalue weighted by atomic mass is 16.7. The van der Waals surface area contributed by atoms with Crippen LogP contribution in [0.4, 0.5) is 0 Å². The number of aliphatic hydroxyl groups is 10. The van der Waals surface area contributed by atoms with E-state index < -0.39 is 123 Å². The van der Waals surface area contributed by atoms with Crippen LogP contribution in [-0.2, 0) is 18.9 Å². The number of fused-ring (bicyclic) bond motifs is 1. The fourth-order valence-electron chi connectivity index (χ4n) is 6.57. The van der Waals surface area contributed by atoms with E-state index in [1.54, 1.807) is 6.07 Å². The summed E-state index contributed by atoms with van der Waals surface area (Å²) >= 11 is 0. The van der Waals surface area contributed by atoms with Gasteiger partial charge in [-0.2, -0.15) is 0 Å². The zero-order chi connectivity index (χ0) is 39.2. The van der Waals surface area contributed by atoms with Crippen LogP contribution >= 0.6 is 0 Å². The number of carbonyl (C=O) groups is 1. The Balaban J connectivity index is 1.17. The molecular formula is C34H44O20. The number of carbonyl (C=O) groups excluding carboxylic acids is 1. The molecule has 20 nitrogen and oxygen atoms in total. The monoisotopic (exact) mass is 772 g/mol. The molecular weight excluding hydrogens is 728 g/mol. The Hall–Kier alpha value is -3.45. The second-order valence-corrected chi connectivity index (χ2v) is 13.4. The van der Waals surface area contributed by atoms with Gasteiger partial charge in [-0.15, -0.1) is 0 Å². The van der Waals surface area contributed by atoms with E-state index in [1.165, 1.54) is 32.2 Å². The molecule has 4 aliphatic heterocycles. The quantitative estimate of drug-likeness (QED) is 0.111. The minimum atomic E-state index is -1.83. The van der Waals surface area contributed by atoms with Gasteiger partial charge in [0.2, 0.25) is 12.6 Å². The van der Waals surface area contributed by atoms with Crippen molar-refractivity contribution in [2.75, 3.05) is 20.3 Å². The fourth-order valence-corrected chi connectivity index (χ4v) is 6.57. The van der Waals surface area contributed by atoms with Gasteiger partial charge in [0.1, 0.15) is 96.1 Å². The summed E-state index contributed by atoms with van der Waals surface area (Å²) in [6.45, 7) is 0.219. The van der Waals surface area contributed by atoms with E-state index in [1.807, 2.05) is 0 Å². The largest absolute Gasteiger partial charge is 0.507 e. The molecule has 0 spiro atoms. The van der Waals surface area contributed by atoms with Crippen LogP contribution in [0.2, 0.25) is 0 Å². The Morgan fingerprint density at radius 3 is 1.98 bits per heavy atom. The number of hydrogen-bond donors (Lipinski definition) is 11. The van der Waals surface area contributed by atoms with E-state index in [-0.39, 0.29) is 35.0 Å². The van der Waals surface area contributed by atoms with Gasteiger partial charge in [-0.25, -0.2) is 0 Å². The van der Waals surface area contributed by atoms with E-state index in [0.29, 0.717) is 5.56 Å². The number of aromatic hydroxyl groups is 1. The third kappa shape index (κ3) is 7.81. The molecule has 6 rings (SSSR count). The first-order chi connectivity index (χ1) is 25.6. The molecule has 2 aromatic rings. The highest BCUT2D eigenvalue weighted by Crippen LogP contribution is 2.44. The van der Waals surface area contributed by atoms with Crippen molar-refractivity contribution in [2.24, 2.45) is 0 Å². The van der Waals surface area contributed by atoms with Crippen molar-refractivity contribution in [3.63, 3.8) is 0 Å². The van der Waals surface area contributed by atoms with Gasteiger partial charge >= 0.3 is 0 Å². The van der Waals surface area contributed by atoms with Crippen LogP contribution in [0.15, 0.2) is 30.3 Å². The lowest BCUT2D eigenvalue weighted by atomic mass is 9.95. The summed E-state index contributed by atoms with van der Waals surface area (Å²) in [7, 11) is 1.34. The zero-order valence-electron chi connectivity index (χ0n) is 28.8. The molecule has 3 fully saturated rings. The lowest BCUT2D eigenvalue weighted by Gasteiger charge is -2.42. The van der Waals surface area contributed by atoms with Crippen LogP contribution in [-0.4, -0.2) is 174 Å². The molecule has 3 saturated heterocycles. The summed E-state index contributed by atoms with van der Waals surface area (Å²) in [6.07, 6.45) is -24.5. The summed E-state index contributed by atoms with van der Waals surface area (Å²) in [6, 6.07) is 6.74. The third-order valence-corrected chi connectivity index (χ3v) is 9.78. The van der Waals surface area contributed by atoms with Crippen LogP contribution in [0.3, 0.4) is 0 Å². The summed E-state index contributed by atoms with van der Waals surface area (Å²) in [5, 5.41) is 113. The van der Waals surface area contributed by atoms with Crippen molar-refractivity contribution >= 4 is 5.78 Å². The molecule has 4 heterocycles. The molecule has 300 valence electrons. The van der Waals surface area contributed by atoms with Crippen LogP contribution in [0.1, 0.15) is 35.4 Å². The molecule has 4 aliphatic rings.